The zero-order chi connectivity index (χ0) is 18.0. The van der Waals surface area contributed by atoms with Gasteiger partial charge in [0.25, 0.3) is 0 Å². The molecule has 0 aromatic carbocycles. The number of fused-ring (bicyclic) bond motifs is 5. The number of hydrogen-bond donors (Lipinski definition) is 2. The first kappa shape index (κ1) is 17.4. The molecule has 4 nitrogen and oxygen atoms in total. The summed E-state index contributed by atoms with van der Waals surface area (Å²) in [5.74, 6) is 1.08. The molecule has 138 valence electrons. The van der Waals surface area contributed by atoms with Crippen molar-refractivity contribution in [3.63, 3.8) is 0 Å². The van der Waals surface area contributed by atoms with Crippen LogP contribution in [-0.2, 0) is 9.59 Å². The molecule has 0 aromatic rings. The van der Waals surface area contributed by atoms with Crippen molar-refractivity contribution in [2.45, 2.75) is 64.9 Å². The molecule has 0 spiro atoms. The van der Waals surface area contributed by atoms with Crippen LogP contribution in [0.1, 0.15) is 58.8 Å². The predicted molar refractivity (Wildman–Crippen MR) is 93.7 cm³/mol. The molecule has 3 saturated carbocycles. The summed E-state index contributed by atoms with van der Waals surface area (Å²) in [4.78, 5) is 24.2. The van der Waals surface area contributed by atoms with Gasteiger partial charge in [-0.2, -0.15) is 0 Å². The average Bonchev–Trinajstić information content (AvgIpc) is 2.85. The van der Waals surface area contributed by atoms with Gasteiger partial charge in [0.1, 0.15) is 6.61 Å². The van der Waals surface area contributed by atoms with Crippen LogP contribution < -0.4 is 0 Å². The van der Waals surface area contributed by atoms with Crippen molar-refractivity contribution in [1.29, 1.82) is 0 Å². The van der Waals surface area contributed by atoms with Gasteiger partial charge >= 0.3 is 0 Å². The lowest BCUT2D eigenvalue weighted by Crippen LogP contribution is -2.51. The smallest absolute Gasteiger partial charge is 0.164 e. The van der Waals surface area contributed by atoms with Gasteiger partial charge in [0.05, 0.1) is 12.0 Å². The largest absolute Gasteiger partial charge is 0.392 e. The third-order valence-corrected chi connectivity index (χ3v) is 8.49. The Bertz CT molecular complexity index is 638. The monoisotopic (exact) mass is 346 g/mol. The molecule has 7 unspecified atom stereocenters. The van der Waals surface area contributed by atoms with Crippen molar-refractivity contribution >= 4 is 11.6 Å². The molecular formula is C21H30O4. The summed E-state index contributed by atoms with van der Waals surface area (Å²) in [5, 5.41) is 20.0. The van der Waals surface area contributed by atoms with E-state index >= 15 is 0 Å². The van der Waals surface area contributed by atoms with E-state index in [2.05, 4.69) is 13.8 Å². The highest BCUT2D eigenvalue weighted by Gasteiger charge is 2.62. The number of ketones is 2. The van der Waals surface area contributed by atoms with E-state index in [0.29, 0.717) is 30.6 Å². The highest BCUT2D eigenvalue weighted by atomic mass is 16.3. The Labute approximate surface area is 149 Å². The predicted octanol–water partition coefficient (Wildman–Crippen LogP) is 2.67. The number of allylic oxidation sites excluding steroid dienone is 1. The van der Waals surface area contributed by atoms with Gasteiger partial charge in [-0.25, -0.2) is 0 Å². The second-order valence-corrected chi connectivity index (χ2v) is 9.42. The summed E-state index contributed by atoms with van der Waals surface area (Å²) in [7, 11) is 0. The summed E-state index contributed by atoms with van der Waals surface area (Å²) in [5.41, 5.74) is 1.26. The first-order valence-electron chi connectivity index (χ1n) is 9.87. The minimum atomic E-state index is -0.619. The van der Waals surface area contributed by atoms with Crippen LogP contribution in [0, 0.1) is 34.5 Å². The van der Waals surface area contributed by atoms with Gasteiger partial charge in [0.2, 0.25) is 0 Å². The number of aliphatic hydroxyl groups excluding tert-OH is 2. The van der Waals surface area contributed by atoms with E-state index in [9.17, 15) is 19.8 Å². The van der Waals surface area contributed by atoms with Crippen LogP contribution in [0.15, 0.2) is 11.6 Å². The fraction of sp³-hybridized carbons (Fsp3) is 0.810. The van der Waals surface area contributed by atoms with Crippen molar-refractivity contribution in [2.24, 2.45) is 34.5 Å². The third-order valence-electron chi connectivity index (χ3n) is 8.49. The number of rotatable bonds is 2. The number of aliphatic hydroxyl groups is 2. The minimum absolute atomic E-state index is 0.113. The van der Waals surface area contributed by atoms with E-state index in [1.54, 1.807) is 0 Å². The van der Waals surface area contributed by atoms with Crippen molar-refractivity contribution in [3.05, 3.63) is 11.6 Å². The summed E-state index contributed by atoms with van der Waals surface area (Å²) < 4.78 is 0. The molecule has 4 aliphatic carbocycles. The average molecular weight is 346 g/mol. The number of Topliss-reactive ketones (excluding diaryl/α,β-unsaturated/α-hetero) is 1. The van der Waals surface area contributed by atoms with Crippen LogP contribution in [0.2, 0.25) is 0 Å². The van der Waals surface area contributed by atoms with Gasteiger partial charge in [0.15, 0.2) is 11.6 Å². The summed E-state index contributed by atoms with van der Waals surface area (Å²) in [6, 6.07) is 0. The Balaban J connectivity index is 1.67. The van der Waals surface area contributed by atoms with Crippen molar-refractivity contribution in [1.82, 2.24) is 0 Å². The van der Waals surface area contributed by atoms with Crippen molar-refractivity contribution < 1.29 is 19.8 Å². The zero-order valence-corrected chi connectivity index (χ0v) is 15.3. The summed E-state index contributed by atoms with van der Waals surface area (Å²) in [6.45, 7) is 4.04. The van der Waals surface area contributed by atoms with Crippen molar-refractivity contribution in [3.8, 4) is 0 Å². The molecule has 0 bridgehead atoms. The standard InChI is InChI=1S/C21H30O4/c1-20-7-5-13(23)9-12(20)3-4-14-15(20)6-8-21(2)16(14)10-17(24)19(21)18(25)11-22/h9,14-17,19,22,24H,3-8,10-11H2,1-2H3. The Morgan fingerprint density at radius 2 is 1.96 bits per heavy atom. The number of carbonyl (C=O) groups excluding carboxylic acids is 2. The first-order valence-corrected chi connectivity index (χ1v) is 9.87. The molecule has 0 saturated heterocycles. The molecule has 0 aliphatic heterocycles. The van der Waals surface area contributed by atoms with Gasteiger partial charge in [-0.1, -0.05) is 19.4 Å². The fourth-order valence-corrected chi connectivity index (χ4v) is 7.25. The van der Waals surface area contributed by atoms with E-state index in [0.717, 1.165) is 32.1 Å². The summed E-state index contributed by atoms with van der Waals surface area (Å²) in [6.07, 6.45) is 7.61. The van der Waals surface area contributed by atoms with E-state index in [-0.39, 0.29) is 22.4 Å². The highest BCUT2D eigenvalue weighted by Crippen LogP contribution is 2.66. The van der Waals surface area contributed by atoms with Crippen LogP contribution in [-0.4, -0.2) is 34.5 Å². The maximum atomic E-state index is 12.3. The molecule has 4 rings (SSSR count). The van der Waals surface area contributed by atoms with Gasteiger partial charge in [-0.3, -0.25) is 9.59 Å². The van der Waals surface area contributed by atoms with Crippen LogP contribution >= 0.6 is 0 Å². The molecule has 2 N–H and O–H groups in total. The lowest BCUT2D eigenvalue weighted by molar-refractivity contribution is -0.136. The molecule has 0 heterocycles. The maximum Gasteiger partial charge on any atom is 0.164 e. The zero-order valence-electron chi connectivity index (χ0n) is 15.3. The van der Waals surface area contributed by atoms with Crippen LogP contribution in [0.3, 0.4) is 0 Å². The first-order chi connectivity index (χ1) is 11.8. The minimum Gasteiger partial charge on any atom is -0.392 e. The molecule has 25 heavy (non-hydrogen) atoms. The molecule has 4 heteroatoms. The molecule has 3 fully saturated rings. The van der Waals surface area contributed by atoms with Gasteiger partial charge in [-0.15, -0.1) is 0 Å². The van der Waals surface area contributed by atoms with Crippen molar-refractivity contribution in [2.75, 3.05) is 6.61 Å². The quantitative estimate of drug-likeness (QED) is 0.806. The topological polar surface area (TPSA) is 74.6 Å². The Morgan fingerprint density at radius 1 is 1.20 bits per heavy atom. The molecule has 0 aromatic heterocycles. The number of carbonyl (C=O) groups is 2. The van der Waals surface area contributed by atoms with E-state index in [4.69, 9.17) is 0 Å². The van der Waals surface area contributed by atoms with Crippen LogP contribution in [0.5, 0.6) is 0 Å². The molecule has 7 atom stereocenters. The Kier molecular flexibility index (Phi) is 4.01. The third kappa shape index (κ3) is 2.33. The van der Waals surface area contributed by atoms with Gasteiger partial charge in [-0.05, 0) is 73.2 Å². The molecule has 0 radical (unpaired) electrons. The van der Waals surface area contributed by atoms with E-state index in [1.165, 1.54) is 5.57 Å². The Morgan fingerprint density at radius 3 is 2.68 bits per heavy atom. The van der Waals surface area contributed by atoms with Gasteiger partial charge < -0.3 is 10.2 Å². The molecule has 0 amide bonds. The maximum absolute atomic E-state index is 12.3. The SMILES string of the molecule is CC12CCC(=O)C=C1CCC1C2CCC2(C)C1CC(O)C2C(=O)CO. The number of hydrogen-bond acceptors (Lipinski definition) is 4. The molecule has 4 aliphatic rings. The van der Waals surface area contributed by atoms with E-state index < -0.39 is 18.6 Å². The lowest BCUT2D eigenvalue weighted by Gasteiger charge is -2.57. The summed E-state index contributed by atoms with van der Waals surface area (Å²) >= 11 is 0. The molecular weight excluding hydrogens is 316 g/mol. The van der Waals surface area contributed by atoms with Crippen LogP contribution in [0.25, 0.3) is 0 Å². The van der Waals surface area contributed by atoms with Gasteiger partial charge in [0, 0.05) is 6.42 Å². The fourth-order valence-electron chi connectivity index (χ4n) is 7.25. The second-order valence-electron chi connectivity index (χ2n) is 9.42. The normalized spacial score (nSPS) is 49.0. The van der Waals surface area contributed by atoms with E-state index in [1.807, 2.05) is 6.08 Å². The van der Waals surface area contributed by atoms with Crippen LogP contribution in [0.4, 0.5) is 0 Å². The highest BCUT2D eigenvalue weighted by molar-refractivity contribution is 5.91. The Hall–Kier alpha value is -1.00. The second kappa shape index (κ2) is 5.75. The lowest BCUT2D eigenvalue weighted by atomic mass is 9.46.